The van der Waals surface area contributed by atoms with Crippen LogP contribution in [0.1, 0.15) is 22.6 Å². The number of fused-ring (bicyclic) bond motifs is 1. The normalized spacial score (nSPS) is 11.1. The second-order valence-electron chi connectivity index (χ2n) is 7.01. The Morgan fingerprint density at radius 1 is 1.14 bits per heavy atom. The first kappa shape index (κ1) is 19.2. The van der Waals surface area contributed by atoms with Gasteiger partial charge in [0.1, 0.15) is 5.65 Å². The van der Waals surface area contributed by atoms with Gasteiger partial charge < -0.3 is 9.72 Å². The van der Waals surface area contributed by atoms with Crippen LogP contribution in [0.2, 0.25) is 5.02 Å². The van der Waals surface area contributed by atoms with Gasteiger partial charge in [0.2, 0.25) is 5.91 Å². The van der Waals surface area contributed by atoms with Crippen LogP contribution in [0.25, 0.3) is 11.3 Å². The van der Waals surface area contributed by atoms with Gasteiger partial charge in [-0.2, -0.15) is 5.10 Å². The molecule has 0 aliphatic rings. The van der Waals surface area contributed by atoms with Crippen LogP contribution in [0.5, 0.6) is 0 Å². The smallest absolute Gasteiger partial charge is 0.224 e. The predicted molar refractivity (Wildman–Crippen MR) is 114 cm³/mol. The van der Waals surface area contributed by atoms with Crippen LogP contribution in [-0.2, 0) is 17.6 Å². The molecule has 7 heteroatoms. The van der Waals surface area contributed by atoms with Gasteiger partial charge in [-0.15, -0.1) is 0 Å². The number of carbonyl (C=O) groups excluding carboxylic acids is 1. The van der Waals surface area contributed by atoms with Crippen LogP contribution >= 0.6 is 11.6 Å². The maximum Gasteiger partial charge on any atom is 0.224 e. The van der Waals surface area contributed by atoms with Gasteiger partial charge in [-0.05, 0) is 50.2 Å². The fraction of sp³-hybridized carbons (Fsp3) is 0.227. The molecule has 0 atom stereocenters. The molecule has 0 aliphatic carbocycles. The lowest BCUT2D eigenvalue weighted by molar-refractivity contribution is -0.120. The van der Waals surface area contributed by atoms with Crippen molar-refractivity contribution in [3.8, 4) is 5.69 Å². The fourth-order valence-electron chi connectivity index (χ4n) is 3.43. The lowest BCUT2D eigenvalue weighted by atomic mass is 10.1. The highest BCUT2D eigenvalue weighted by molar-refractivity contribution is 6.30. The van der Waals surface area contributed by atoms with Crippen molar-refractivity contribution in [2.75, 3.05) is 6.54 Å². The number of pyridine rings is 1. The second kappa shape index (κ2) is 8.09. The molecular formula is C22H22ClN5O. The number of hydrogen-bond acceptors (Lipinski definition) is 3. The summed E-state index contributed by atoms with van der Waals surface area (Å²) in [5.74, 6) is -0.0179. The minimum Gasteiger partial charge on any atom is -0.355 e. The first-order chi connectivity index (χ1) is 14.0. The van der Waals surface area contributed by atoms with Crippen molar-refractivity contribution in [3.05, 3.63) is 82.5 Å². The molecular weight excluding hydrogens is 386 g/mol. The maximum atomic E-state index is 12.5. The quantitative estimate of drug-likeness (QED) is 0.530. The Hall–Kier alpha value is -3.12. The number of amides is 1. The molecule has 148 valence electrons. The van der Waals surface area contributed by atoms with Crippen LogP contribution in [0.15, 0.2) is 54.9 Å². The van der Waals surface area contributed by atoms with E-state index >= 15 is 0 Å². The number of nitrogens with one attached hydrogen (secondary N) is 1. The number of carbonyl (C=O) groups is 1. The minimum absolute atomic E-state index is 0.0179. The van der Waals surface area contributed by atoms with E-state index < -0.39 is 0 Å². The van der Waals surface area contributed by atoms with E-state index in [1.165, 1.54) is 0 Å². The van der Waals surface area contributed by atoms with E-state index in [0.717, 1.165) is 34.0 Å². The van der Waals surface area contributed by atoms with E-state index in [4.69, 9.17) is 11.6 Å². The van der Waals surface area contributed by atoms with Crippen LogP contribution in [0.4, 0.5) is 0 Å². The fourth-order valence-corrected chi connectivity index (χ4v) is 3.55. The Kier molecular flexibility index (Phi) is 5.36. The van der Waals surface area contributed by atoms with Crippen molar-refractivity contribution in [3.63, 3.8) is 0 Å². The summed E-state index contributed by atoms with van der Waals surface area (Å²) in [6.45, 7) is 4.46. The molecule has 6 nitrogen and oxygen atoms in total. The number of benzene rings is 1. The third-order valence-corrected chi connectivity index (χ3v) is 5.22. The van der Waals surface area contributed by atoms with Crippen molar-refractivity contribution in [1.82, 2.24) is 24.5 Å². The summed E-state index contributed by atoms with van der Waals surface area (Å²) in [7, 11) is 0. The molecule has 0 bridgehead atoms. The Balaban J connectivity index is 1.38. The molecule has 1 amide bonds. The molecule has 0 spiro atoms. The van der Waals surface area contributed by atoms with Gasteiger partial charge in [0.25, 0.3) is 0 Å². The average molecular weight is 408 g/mol. The maximum absolute atomic E-state index is 12.5. The van der Waals surface area contributed by atoms with Crippen molar-refractivity contribution in [2.45, 2.75) is 26.7 Å². The molecule has 4 aromatic rings. The van der Waals surface area contributed by atoms with Crippen molar-refractivity contribution in [1.29, 1.82) is 0 Å². The molecule has 0 saturated carbocycles. The lowest BCUT2D eigenvalue weighted by Gasteiger charge is -2.07. The second-order valence-corrected chi connectivity index (χ2v) is 7.45. The zero-order valence-electron chi connectivity index (χ0n) is 16.4. The molecule has 0 saturated heterocycles. The molecule has 0 unspecified atom stereocenters. The lowest BCUT2D eigenvalue weighted by Crippen LogP contribution is -2.27. The topological polar surface area (TPSA) is 64.2 Å². The number of hydrogen-bond donors (Lipinski definition) is 1. The summed E-state index contributed by atoms with van der Waals surface area (Å²) < 4.78 is 3.83. The summed E-state index contributed by atoms with van der Waals surface area (Å²) in [5, 5.41) is 8.27. The largest absolute Gasteiger partial charge is 0.355 e. The molecule has 3 aromatic heterocycles. The first-order valence-corrected chi connectivity index (χ1v) is 9.89. The van der Waals surface area contributed by atoms with E-state index in [0.29, 0.717) is 24.4 Å². The molecule has 4 rings (SSSR count). The average Bonchev–Trinajstić information content (AvgIpc) is 3.24. The van der Waals surface area contributed by atoms with Gasteiger partial charge in [0.15, 0.2) is 0 Å². The third-order valence-electron chi connectivity index (χ3n) is 4.97. The Morgan fingerprint density at radius 3 is 2.69 bits per heavy atom. The molecule has 3 heterocycles. The predicted octanol–water partition coefficient (Wildman–Crippen LogP) is 3.69. The Morgan fingerprint density at radius 2 is 1.93 bits per heavy atom. The van der Waals surface area contributed by atoms with E-state index in [2.05, 4.69) is 15.4 Å². The molecule has 1 aromatic carbocycles. The number of aromatic nitrogens is 4. The Bertz CT molecular complexity index is 1130. The van der Waals surface area contributed by atoms with Gasteiger partial charge in [-0.1, -0.05) is 17.7 Å². The standard InChI is InChI=1S/C22H22ClN5O/c1-15-20(16(2)28(26-15)19-8-6-17(23)7-9-19)13-22(29)24-11-10-18-14-27-12-4-3-5-21(27)25-18/h3-9,12,14H,10-11,13H2,1-2H3,(H,24,29). The number of aryl methyl sites for hydroxylation is 1. The van der Waals surface area contributed by atoms with Crippen molar-refractivity contribution < 1.29 is 4.79 Å². The highest BCUT2D eigenvalue weighted by atomic mass is 35.5. The monoisotopic (exact) mass is 407 g/mol. The van der Waals surface area contributed by atoms with Gasteiger partial charge in [0, 0.05) is 41.6 Å². The van der Waals surface area contributed by atoms with Crippen LogP contribution in [-0.4, -0.2) is 31.6 Å². The van der Waals surface area contributed by atoms with Gasteiger partial charge >= 0.3 is 0 Å². The number of rotatable bonds is 6. The number of nitrogens with zero attached hydrogens (tertiary/aromatic N) is 4. The summed E-state index contributed by atoms with van der Waals surface area (Å²) in [6, 6.07) is 13.4. The zero-order chi connectivity index (χ0) is 20.4. The summed E-state index contributed by atoms with van der Waals surface area (Å²) in [5.41, 5.74) is 5.56. The number of halogens is 1. The van der Waals surface area contributed by atoms with Crippen LogP contribution in [0.3, 0.4) is 0 Å². The Labute approximate surface area is 174 Å². The van der Waals surface area contributed by atoms with E-state index in [9.17, 15) is 4.79 Å². The highest BCUT2D eigenvalue weighted by Crippen LogP contribution is 2.20. The van der Waals surface area contributed by atoms with Gasteiger partial charge in [-0.3, -0.25) is 4.79 Å². The summed E-state index contributed by atoms with van der Waals surface area (Å²) >= 11 is 5.97. The zero-order valence-corrected chi connectivity index (χ0v) is 17.1. The van der Waals surface area contributed by atoms with E-state index in [1.807, 2.05) is 77.8 Å². The first-order valence-electron chi connectivity index (χ1n) is 9.51. The van der Waals surface area contributed by atoms with Crippen molar-refractivity contribution in [2.24, 2.45) is 0 Å². The molecule has 0 radical (unpaired) electrons. The summed E-state index contributed by atoms with van der Waals surface area (Å²) in [4.78, 5) is 17.0. The summed E-state index contributed by atoms with van der Waals surface area (Å²) in [6.07, 6.45) is 4.95. The highest BCUT2D eigenvalue weighted by Gasteiger charge is 2.16. The van der Waals surface area contributed by atoms with E-state index in [1.54, 1.807) is 0 Å². The number of imidazole rings is 1. The van der Waals surface area contributed by atoms with Crippen molar-refractivity contribution >= 4 is 23.2 Å². The molecule has 1 N–H and O–H groups in total. The molecule has 0 fully saturated rings. The van der Waals surface area contributed by atoms with E-state index in [-0.39, 0.29) is 5.91 Å². The van der Waals surface area contributed by atoms with Crippen LogP contribution < -0.4 is 5.32 Å². The molecule has 0 aliphatic heterocycles. The van der Waals surface area contributed by atoms with Gasteiger partial charge in [0.05, 0.1) is 23.5 Å². The third kappa shape index (κ3) is 4.17. The molecule has 29 heavy (non-hydrogen) atoms. The van der Waals surface area contributed by atoms with Gasteiger partial charge in [-0.25, -0.2) is 9.67 Å². The SMILES string of the molecule is Cc1nn(-c2ccc(Cl)cc2)c(C)c1CC(=O)NCCc1cn2ccccc2n1. The minimum atomic E-state index is -0.0179. The van der Waals surface area contributed by atoms with Crippen LogP contribution in [0, 0.1) is 13.8 Å².